The quantitative estimate of drug-likeness (QED) is 0.552. The molecule has 4 aliphatic heterocycles. The molecule has 6 heterocycles. The fourth-order valence-corrected chi connectivity index (χ4v) is 7.62. The summed E-state index contributed by atoms with van der Waals surface area (Å²) in [5, 5.41) is 3.49. The Hall–Kier alpha value is -3.25. The molecule has 2 aromatic heterocycles. The van der Waals surface area contributed by atoms with Crippen molar-refractivity contribution in [1.29, 1.82) is 0 Å². The molecular formula is C28H37N7O4S. The van der Waals surface area contributed by atoms with Crippen molar-refractivity contribution in [2.24, 2.45) is 0 Å². The second-order valence-electron chi connectivity index (χ2n) is 11.2. The van der Waals surface area contributed by atoms with Crippen LogP contribution in [-0.2, 0) is 21.2 Å². The highest BCUT2D eigenvalue weighted by molar-refractivity contribution is 7.91. The summed E-state index contributed by atoms with van der Waals surface area (Å²) in [4.78, 5) is 32.4. The number of aromatic nitrogens is 3. The Morgan fingerprint density at radius 2 is 1.80 bits per heavy atom. The lowest BCUT2D eigenvalue weighted by atomic mass is 9.90. The summed E-state index contributed by atoms with van der Waals surface area (Å²) < 4.78 is 30.1. The minimum absolute atomic E-state index is 0.0339. The monoisotopic (exact) mass is 567 g/mol. The topological polar surface area (TPSA) is 121 Å². The largest absolute Gasteiger partial charge is 0.485 e. The molecule has 12 heteroatoms. The van der Waals surface area contributed by atoms with Crippen LogP contribution in [0.5, 0.6) is 5.75 Å². The van der Waals surface area contributed by atoms with E-state index in [-0.39, 0.29) is 24.0 Å². The number of fused-ring (bicyclic) bond motifs is 2. The second-order valence-corrected chi connectivity index (χ2v) is 13.5. The summed E-state index contributed by atoms with van der Waals surface area (Å²) in [6, 6.07) is 2.63. The van der Waals surface area contributed by atoms with Crippen LogP contribution in [0.2, 0.25) is 0 Å². The summed E-state index contributed by atoms with van der Waals surface area (Å²) in [6.45, 7) is 10.4. The van der Waals surface area contributed by atoms with Gasteiger partial charge >= 0.3 is 0 Å². The Bertz CT molecular complexity index is 1390. The number of hydrogen-bond donors (Lipinski definition) is 1. The van der Waals surface area contributed by atoms with Crippen LogP contribution in [0, 0.1) is 6.92 Å². The minimum atomic E-state index is -2.99. The van der Waals surface area contributed by atoms with E-state index in [9.17, 15) is 13.2 Å². The van der Waals surface area contributed by atoms with Crippen LogP contribution in [0.1, 0.15) is 48.6 Å². The average molecular weight is 568 g/mol. The van der Waals surface area contributed by atoms with E-state index >= 15 is 0 Å². The molecule has 0 bridgehead atoms. The van der Waals surface area contributed by atoms with Gasteiger partial charge in [-0.15, -0.1) is 0 Å². The van der Waals surface area contributed by atoms with E-state index in [1.807, 2.05) is 16.7 Å². The maximum absolute atomic E-state index is 11.9. The molecule has 1 amide bonds. The van der Waals surface area contributed by atoms with Crippen molar-refractivity contribution >= 4 is 33.1 Å². The highest BCUT2D eigenvalue weighted by atomic mass is 32.2. The maximum Gasteiger partial charge on any atom is 0.245 e. The van der Waals surface area contributed by atoms with Gasteiger partial charge in [0.25, 0.3) is 0 Å². The number of ether oxygens (including phenoxy) is 1. The van der Waals surface area contributed by atoms with E-state index in [1.165, 1.54) is 12.4 Å². The van der Waals surface area contributed by atoms with Crippen molar-refractivity contribution in [3.05, 3.63) is 42.0 Å². The SMILES string of the molecule is C=CC(=O)N1CCC(N2CCC(c3cc4c(c(C)n3)OCc3c(ncnc3N3CCS(=O)(=O)CC3)N4)CC2)CC1. The second kappa shape index (κ2) is 11.0. The van der Waals surface area contributed by atoms with Crippen molar-refractivity contribution in [3.8, 4) is 5.75 Å². The van der Waals surface area contributed by atoms with E-state index in [2.05, 4.69) is 32.8 Å². The van der Waals surface area contributed by atoms with Gasteiger partial charge in [-0.3, -0.25) is 9.78 Å². The molecule has 0 aliphatic carbocycles. The van der Waals surface area contributed by atoms with Gasteiger partial charge in [0, 0.05) is 43.8 Å². The summed E-state index contributed by atoms with van der Waals surface area (Å²) in [5.74, 6) is 2.77. The number of pyridine rings is 1. The molecule has 4 aliphatic rings. The average Bonchev–Trinajstić information content (AvgIpc) is 3.17. The number of carbonyl (C=O) groups excluding carboxylic acids is 1. The third kappa shape index (κ3) is 5.38. The molecule has 3 saturated heterocycles. The summed E-state index contributed by atoms with van der Waals surface area (Å²) >= 11 is 0. The van der Waals surface area contributed by atoms with E-state index in [0.29, 0.717) is 36.6 Å². The summed E-state index contributed by atoms with van der Waals surface area (Å²) in [5.41, 5.74) is 3.59. The van der Waals surface area contributed by atoms with Crippen LogP contribution in [0.3, 0.4) is 0 Å². The van der Waals surface area contributed by atoms with E-state index in [1.54, 1.807) is 0 Å². The lowest BCUT2D eigenvalue weighted by molar-refractivity contribution is -0.127. The molecule has 0 unspecified atom stereocenters. The maximum atomic E-state index is 11.9. The first kappa shape index (κ1) is 26.9. The molecule has 3 fully saturated rings. The van der Waals surface area contributed by atoms with Gasteiger partial charge < -0.3 is 24.8 Å². The van der Waals surface area contributed by atoms with Gasteiger partial charge in [0.1, 0.15) is 24.6 Å². The number of anilines is 3. The molecule has 1 N–H and O–H groups in total. The minimum Gasteiger partial charge on any atom is -0.485 e. The lowest BCUT2D eigenvalue weighted by Crippen LogP contribution is -2.48. The van der Waals surface area contributed by atoms with Gasteiger partial charge in [-0.1, -0.05) is 6.58 Å². The standard InChI is InChI=1S/C28H37N7O4S/c1-3-25(36)34-10-6-21(7-11-34)33-8-4-20(5-9-33)23-16-24-26(19(2)31-23)39-17-22-27(32-24)29-18-30-28(22)35-12-14-40(37,38)15-13-35/h3,16,18,20-21H,1,4-15,17H2,2H3,(H,29,30,32). The molecule has 40 heavy (non-hydrogen) atoms. The Morgan fingerprint density at radius 1 is 1.07 bits per heavy atom. The molecule has 0 spiro atoms. The Morgan fingerprint density at radius 3 is 2.50 bits per heavy atom. The van der Waals surface area contributed by atoms with Crippen molar-refractivity contribution in [1.82, 2.24) is 24.8 Å². The smallest absolute Gasteiger partial charge is 0.245 e. The van der Waals surface area contributed by atoms with Gasteiger partial charge in [-0.05, 0) is 57.8 Å². The zero-order valence-electron chi connectivity index (χ0n) is 23.0. The van der Waals surface area contributed by atoms with Crippen molar-refractivity contribution in [2.75, 3.05) is 61.0 Å². The van der Waals surface area contributed by atoms with Crippen molar-refractivity contribution in [3.63, 3.8) is 0 Å². The first-order valence-corrected chi connectivity index (χ1v) is 16.0. The van der Waals surface area contributed by atoms with E-state index < -0.39 is 9.84 Å². The normalized spacial score (nSPS) is 21.9. The number of nitrogens with one attached hydrogen (secondary N) is 1. The molecule has 214 valence electrons. The van der Waals surface area contributed by atoms with Gasteiger partial charge in [-0.25, -0.2) is 18.4 Å². The number of nitrogens with zero attached hydrogens (tertiary/aromatic N) is 6. The highest BCUT2D eigenvalue weighted by Gasteiger charge is 2.32. The van der Waals surface area contributed by atoms with Gasteiger partial charge in [0.2, 0.25) is 5.91 Å². The van der Waals surface area contributed by atoms with Crippen LogP contribution in [0.4, 0.5) is 17.3 Å². The zero-order valence-corrected chi connectivity index (χ0v) is 23.8. The molecule has 2 aromatic rings. The highest BCUT2D eigenvalue weighted by Crippen LogP contribution is 2.40. The molecule has 6 rings (SSSR count). The third-order valence-corrected chi connectivity index (χ3v) is 10.4. The summed E-state index contributed by atoms with van der Waals surface area (Å²) in [7, 11) is -2.99. The number of carbonyl (C=O) groups is 1. The Kier molecular flexibility index (Phi) is 7.39. The molecule has 0 saturated carbocycles. The van der Waals surface area contributed by atoms with Crippen LogP contribution < -0.4 is 15.0 Å². The lowest BCUT2D eigenvalue weighted by Gasteiger charge is -2.41. The molecule has 0 radical (unpaired) electrons. The van der Waals surface area contributed by atoms with Gasteiger partial charge in [0.05, 0.1) is 28.5 Å². The van der Waals surface area contributed by atoms with Crippen LogP contribution in [0.25, 0.3) is 0 Å². The molecule has 0 atom stereocenters. The first-order chi connectivity index (χ1) is 19.3. The Balaban J connectivity index is 1.14. The molecule has 0 aromatic carbocycles. The number of amides is 1. The fourth-order valence-electron chi connectivity index (χ4n) is 6.42. The van der Waals surface area contributed by atoms with Gasteiger partial charge in [-0.2, -0.15) is 0 Å². The number of sulfone groups is 1. The number of rotatable bonds is 4. The zero-order chi connectivity index (χ0) is 27.9. The Labute approximate surface area is 235 Å². The molecule has 11 nitrogen and oxygen atoms in total. The fraction of sp³-hybridized carbons (Fsp3) is 0.571. The number of aryl methyl sites for hydroxylation is 1. The number of hydrogen-bond acceptors (Lipinski definition) is 10. The molecular weight excluding hydrogens is 530 g/mol. The number of piperidine rings is 2. The van der Waals surface area contributed by atoms with Crippen LogP contribution >= 0.6 is 0 Å². The first-order valence-electron chi connectivity index (χ1n) is 14.2. The van der Waals surface area contributed by atoms with Crippen molar-refractivity contribution in [2.45, 2.75) is 51.2 Å². The summed E-state index contributed by atoms with van der Waals surface area (Å²) in [6.07, 6.45) is 7.04. The number of likely N-dealkylation sites (tertiary alicyclic amines) is 2. The predicted molar refractivity (Wildman–Crippen MR) is 153 cm³/mol. The van der Waals surface area contributed by atoms with Crippen LogP contribution in [0.15, 0.2) is 25.0 Å². The van der Waals surface area contributed by atoms with Crippen molar-refractivity contribution < 1.29 is 17.9 Å². The van der Waals surface area contributed by atoms with E-state index in [4.69, 9.17) is 9.72 Å². The van der Waals surface area contributed by atoms with Gasteiger partial charge in [0.15, 0.2) is 15.6 Å². The third-order valence-electron chi connectivity index (χ3n) is 8.76. The van der Waals surface area contributed by atoms with Crippen LogP contribution in [-0.4, -0.2) is 95.9 Å². The predicted octanol–water partition coefficient (Wildman–Crippen LogP) is 2.41. The van der Waals surface area contributed by atoms with E-state index in [0.717, 1.165) is 80.3 Å².